The number of aryl methyl sites for hydroxylation is 1. The summed E-state index contributed by atoms with van der Waals surface area (Å²) in [7, 11) is 0. The molecule has 0 spiro atoms. The van der Waals surface area contributed by atoms with Crippen LogP contribution in [0, 0.1) is 6.92 Å². The summed E-state index contributed by atoms with van der Waals surface area (Å²) in [6, 6.07) is 16.6. The summed E-state index contributed by atoms with van der Waals surface area (Å²) in [6.07, 6.45) is 6.86. The number of carbonyl (C=O) groups is 1. The van der Waals surface area contributed by atoms with Gasteiger partial charge in [-0.2, -0.15) is 5.10 Å². The van der Waals surface area contributed by atoms with Gasteiger partial charge in [-0.15, -0.1) is 0 Å². The fourth-order valence-corrected chi connectivity index (χ4v) is 2.74. The van der Waals surface area contributed by atoms with Gasteiger partial charge in [0.1, 0.15) is 0 Å². The van der Waals surface area contributed by atoms with E-state index in [1.807, 2.05) is 29.1 Å². The van der Waals surface area contributed by atoms with Gasteiger partial charge < -0.3 is 5.32 Å². The van der Waals surface area contributed by atoms with Crippen molar-refractivity contribution in [3.8, 4) is 0 Å². The maximum Gasteiger partial charge on any atom is 0.248 e. The van der Waals surface area contributed by atoms with Gasteiger partial charge in [0.15, 0.2) is 0 Å². The highest BCUT2D eigenvalue weighted by Gasteiger charge is 2.03. The highest BCUT2D eigenvalue weighted by atomic mass is 16.1. The van der Waals surface area contributed by atoms with Crippen LogP contribution in [-0.2, 0) is 11.3 Å². The van der Waals surface area contributed by atoms with Crippen molar-refractivity contribution >= 4 is 17.7 Å². The van der Waals surface area contributed by atoms with Crippen LogP contribution in [0.2, 0.25) is 0 Å². The smallest absolute Gasteiger partial charge is 0.248 e. The fraction of sp³-hybridized carbons (Fsp3) is 0.217. The third-order valence-corrected chi connectivity index (χ3v) is 4.40. The predicted octanol–water partition coefficient (Wildman–Crippen LogP) is 5.02. The van der Waals surface area contributed by atoms with Crippen LogP contribution in [0.3, 0.4) is 0 Å². The predicted molar refractivity (Wildman–Crippen MR) is 111 cm³/mol. The Labute approximate surface area is 160 Å². The Kier molecular flexibility index (Phi) is 5.87. The molecular formula is C23H25N3O. The Morgan fingerprint density at radius 3 is 2.48 bits per heavy atom. The molecule has 0 saturated heterocycles. The molecule has 0 saturated carbocycles. The van der Waals surface area contributed by atoms with E-state index >= 15 is 0 Å². The molecule has 1 N–H and O–H groups in total. The van der Waals surface area contributed by atoms with Crippen molar-refractivity contribution in [1.29, 1.82) is 0 Å². The number of carbonyl (C=O) groups excluding carboxylic acids is 1. The topological polar surface area (TPSA) is 46.9 Å². The van der Waals surface area contributed by atoms with E-state index in [0.717, 1.165) is 5.56 Å². The summed E-state index contributed by atoms with van der Waals surface area (Å²) in [5, 5.41) is 7.16. The van der Waals surface area contributed by atoms with Crippen molar-refractivity contribution in [3.63, 3.8) is 0 Å². The van der Waals surface area contributed by atoms with Gasteiger partial charge in [0.2, 0.25) is 5.91 Å². The van der Waals surface area contributed by atoms with Crippen LogP contribution < -0.4 is 5.32 Å². The second-order valence-corrected chi connectivity index (χ2v) is 7.06. The van der Waals surface area contributed by atoms with Crippen LogP contribution in [0.4, 0.5) is 5.69 Å². The van der Waals surface area contributed by atoms with E-state index < -0.39 is 0 Å². The van der Waals surface area contributed by atoms with Crippen LogP contribution in [0.25, 0.3) is 6.08 Å². The van der Waals surface area contributed by atoms with E-state index in [4.69, 9.17) is 0 Å². The van der Waals surface area contributed by atoms with Gasteiger partial charge in [0.05, 0.1) is 18.4 Å². The first-order chi connectivity index (χ1) is 13.0. The molecule has 0 unspecified atom stereocenters. The van der Waals surface area contributed by atoms with Crippen molar-refractivity contribution in [2.24, 2.45) is 0 Å². The molecule has 0 bridgehead atoms. The maximum absolute atomic E-state index is 12.1. The number of hydrogen-bond donors (Lipinski definition) is 1. The second kappa shape index (κ2) is 8.49. The lowest BCUT2D eigenvalue weighted by molar-refractivity contribution is -0.111. The quantitative estimate of drug-likeness (QED) is 0.629. The van der Waals surface area contributed by atoms with Crippen molar-refractivity contribution in [3.05, 3.63) is 89.3 Å². The molecular weight excluding hydrogens is 334 g/mol. The van der Waals surface area contributed by atoms with E-state index in [9.17, 15) is 4.79 Å². The van der Waals surface area contributed by atoms with Crippen molar-refractivity contribution in [2.75, 3.05) is 5.32 Å². The van der Waals surface area contributed by atoms with Gasteiger partial charge in [0.25, 0.3) is 0 Å². The Balaban J connectivity index is 1.56. The monoisotopic (exact) mass is 359 g/mol. The molecule has 3 aromatic rings. The van der Waals surface area contributed by atoms with Gasteiger partial charge >= 0.3 is 0 Å². The van der Waals surface area contributed by atoms with E-state index in [2.05, 4.69) is 67.6 Å². The number of rotatable bonds is 6. The largest absolute Gasteiger partial charge is 0.320 e. The van der Waals surface area contributed by atoms with E-state index in [1.54, 1.807) is 12.3 Å². The standard InChI is InChI=1S/C23H25N3O/c1-17(2)21-11-8-19(9-12-21)10-13-23(27)25-22-14-24-26(16-22)15-20-6-4-18(3)5-7-20/h4-14,16-17H,15H2,1-3H3,(H,25,27)/b13-10+. The number of nitrogens with zero attached hydrogens (tertiary/aromatic N) is 2. The molecule has 0 aliphatic heterocycles. The van der Waals surface area contributed by atoms with Gasteiger partial charge in [-0.1, -0.05) is 67.9 Å². The molecule has 3 rings (SSSR count). The Morgan fingerprint density at radius 1 is 1.11 bits per heavy atom. The highest BCUT2D eigenvalue weighted by Crippen LogP contribution is 2.15. The minimum atomic E-state index is -0.169. The molecule has 4 nitrogen and oxygen atoms in total. The first-order valence-electron chi connectivity index (χ1n) is 9.16. The third-order valence-electron chi connectivity index (χ3n) is 4.40. The van der Waals surface area contributed by atoms with Gasteiger partial charge in [0, 0.05) is 12.3 Å². The van der Waals surface area contributed by atoms with Crippen LogP contribution >= 0.6 is 0 Å². The Hall–Kier alpha value is -3.14. The average molecular weight is 359 g/mol. The summed E-state index contributed by atoms with van der Waals surface area (Å²) in [5.41, 5.74) is 5.39. The number of anilines is 1. The zero-order chi connectivity index (χ0) is 19.2. The number of benzene rings is 2. The number of aromatic nitrogens is 2. The van der Waals surface area contributed by atoms with Crippen LogP contribution in [-0.4, -0.2) is 15.7 Å². The number of amides is 1. The molecule has 0 atom stereocenters. The molecule has 1 heterocycles. The fourth-order valence-electron chi connectivity index (χ4n) is 2.74. The van der Waals surface area contributed by atoms with Crippen molar-refractivity contribution in [1.82, 2.24) is 9.78 Å². The Bertz CT molecular complexity index is 919. The van der Waals surface area contributed by atoms with E-state index in [0.29, 0.717) is 18.2 Å². The molecule has 27 heavy (non-hydrogen) atoms. The molecule has 0 fully saturated rings. The summed E-state index contributed by atoms with van der Waals surface area (Å²) in [4.78, 5) is 12.1. The van der Waals surface area contributed by atoms with Crippen LogP contribution in [0.5, 0.6) is 0 Å². The first kappa shape index (κ1) is 18.6. The number of hydrogen-bond acceptors (Lipinski definition) is 2. The lowest BCUT2D eigenvalue weighted by Gasteiger charge is -2.04. The summed E-state index contributed by atoms with van der Waals surface area (Å²) < 4.78 is 1.81. The first-order valence-corrected chi connectivity index (χ1v) is 9.16. The zero-order valence-electron chi connectivity index (χ0n) is 16.0. The normalized spacial score (nSPS) is 11.3. The van der Waals surface area contributed by atoms with E-state index in [1.165, 1.54) is 16.7 Å². The molecule has 0 aliphatic carbocycles. The minimum absolute atomic E-state index is 0.169. The molecule has 2 aromatic carbocycles. The highest BCUT2D eigenvalue weighted by molar-refractivity contribution is 6.01. The number of nitrogens with one attached hydrogen (secondary N) is 1. The average Bonchev–Trinajstić information content (AvgIpc) is 3.09. The minimum Gasteiger partial charge on any atom is -0.320 e. The molecule has 0 radical (unpaired) electrons. The van der Waals surface area contributed by atoms with E-state index in [-0.39, 0.29) is 5.91 Å². The van der Waals surface area contributed by atoms with Crippen LogP contribution in [0.15, 0.2) is 67.0 Å². The van der Waals surface area contributed by atoms with Crippen LogP contribution in [0.1, 0.15) is 42.0 Å². The lowest BCUT2D eigenvalue weighted by atomic mass is 10.0. The molecule has 138 valence electrons. The summed E-state index contributed by atoms with van der Waals surface area (Å²) >= 11 is 0. The maximum atomic E-state index is 12.1. The molecule has 1 aromatic heterocycles. The molecule has 0 aliphatic rings. The van der Waals surface area contributed by atoms with Crippen molar-refractivity contribution in [2.45, 2.75) is 33.2 Å². The summed E-state index contributed by atoms with van der Waals surface area (Å²) in [5.74, 6) is 0.334. The SMILES string of the molecule is Cc1ccc(Cn2cc(NC(=O)/C=C/c3ccc(C(C)C)cc3)cn2)cc1. The Morgan fingerprint density at radius 2 is 1.81 bits per heavy atom. The lowest BCUT2D eigenvalue weighted by Crippen LogP contribution is -2.07. The molecule has 1 amide bonds. The van der Waals surface area contributed by atoms with Gasteiger partial charge in [-0.3, -0.25) is 9.48 Å². The third kappa shape index (κ3) is 5.42. The second-order valence-electron chi connectivity index (χ2n) is 7.06. The molecule has 4 heteroatoms. The zero-order valence-corrected chi connectivity index (χ0v) is 16.0. The summed E-state index contributed by atoms with van der Waals surface area (Å²) in [6.45, 7) is 7.07. The van der Waals surface area contributed by atoms with Crippen molar-refractivity contribution < 1.29 is 4.79 Å². The van der Waals surface area contributed by atoms with Gasteiger partial charge in [-0.25, -0.2) is 0 Å². The van der Waals surface area contributed by atoms with Gasteiger partial charge in [-0.05, 0) is 35.6 Å².